The molecule has 2 aromatic rings. The summed E-state index contributed by atoms with van der Waals surface area (Å²) in [4.78, 5) is 4.28. The van der Waals surface area contributed by atoms with E-state index in [4.69, 9.17) is 11.6 Å². The summed E-state index contributed by atoms with van der Waals surface area (Å²) in [7, 11) is 0. The Bertz CT molecular complexity index is 532. The molecule has 0 atom stereocenters. The third-order valence-corrected chi connectivity index (χ3v) is 2.80. The van der Waals surface area contributed by atoms with E-state index < -0.39 is 0 Å². The maximum absolute atomic E-state index is 9.42. The lowest BCUT2D eigenvalue weighted by molar-refractivity contribution is 0.475. The van der Waals surface area contributed by atoms with Crippen molar-refractivity contribution in [1.82, 2.24) is 0 Å². The lowest BCUT2D eigenvalue weighted by Crippen LogP contribution is -1.80. The quantitative estimate of drug-likeness (QED) is 0.810. The van der Waals surface area contributed by atoms with Crippen LogP contribution in [0.15, 0.2) is 51.9 Å². The number of hydrogen-bond donors (Lipinski definition) is 1. The number of phenolic OH excluding ortho intramolecular Hbond substituents is 1. The molecule has 0 saturated carbocycles. The van der Waals surface area contributed by atoms with Gasteiger partial charge in [-0.2, -0.15) is 0 Å². The van der Waals surface area contributed by atoms with Gasteiger partial charge in [0, 0.05) is 15.7 Å². The van der Waals surface area contributed by atoms with Gasteiger partial charge in [-0.25, -0.2) is 0 Å². The lowest BCUT2D eigenvalue weighted by Gasteiger charge is -1.98. The molecule has 0 fully saturated rings. The number of nitrogens with zero attached hydrogens (tertiary/aromatic N) is 1. The first-order valence-corrected chi connectivity index (χ1v) is 6.10. The molecule has 0 saturated heterocycles. The van der Waals surface area contributed by atoms with Crippen molar-refractivity contribution in [2.45, 2.75) is 0 Å². The van der Waals surface area contributed by atoms with Gasteiger partial charge >= 0.3 is 0 Å². The summed E-state index contributed by atoms with van der Waals surface area (Å²) in [5, 5.41) is 10.1. The van der Waals surface area contributed by atoms with E-state index >= 15 is 0 Å². The van der Waals surface area contributed by atoms with Gasteiger partial charge in [-0.05, 0) is 48.0 Å². The van der Waals surface area contributed by atoms with Gasteiger partial charge < -0.3 is 5.11 Å². The molecular formula is C13H9BrClNO. The predicted octanol–water partition coefficient (Wildman–Crippen LogP) is 4.56. The molecule has 1 N–H and O–H groups in total. The Kier molecular flexibility index (Phi) is 3.82. The summed E-state index contributed by atoms with van der Waals surface area (Å²) in [6, 6.07) is 12.4. The Morgan fingerprint density at radius 1 is 1.12 bits per heavy atom. The molecule has 0 aromatic heterocycles. The minimum absolute atomic E-state index is 0.205. The van der Waals surface area contributed by atoms with E-state index in [0.717, 1.165) is 15.7 Å². The van der Waals surface area contributed by atoms with Crippen LogP contribution in [0.3, 0.4) is 0 Å². The normalized spacial score (nSPS) is 10.9. The van der Waals surface area contributed by atoms with Crippen LogP contribution < -0.4 is 0 Å². The van der Waals surface area contributed by atoms with E-state index in [1.165, 1.54) is 0 Å². The second-order valence-corrected chi connectivity index (χ2v) is 4.83. The topological polar surface area (TPSA) is 32.6 Å². The Morgan fingerprint density at radius 3 is 2.47 bits per heavy atom. The highest BCUT2D eigenvalue weighted by Crippen LogP contribution is 2.20. The fourth-order valence-electron chi connectivity index (χ4n) is 1.35. The highest BCUT2D eigenvalue weighted by Gasteiger charge is 1.95. The Morgan fingerprint density at radius 2 is 1.82 bits per heavy atom. The average molecular weight is 311 g/mol. The van der Waals surface area contributed by atoms with Gasteiger partial charge in [0.15, 0.2) is 0 Å². The van der Waals surface area contributed by atoms with Gasteiger partial charge in [-0.15, -0.1) is 0 Å². The fourth-order valence-corrected chi connectivity index (χ4v) is 1.97. The van der Waals surface area contributed by atoms with E-state index in [9.17, 15) is 5.11 Å². The zero-order chi connectivity index (χ0) is 12.3. The standard InChI is InChI=1S/C13H9BrClNO/c14-10-5-9(6-13(17)7-10)8-16-12-3-1-11(15)2-4-12/h1-8,17H. The Hall–Kier alpha value is -1.32. The van der Waals surface area contributed by atoms with Crippen molar-refractivity contribution >= 4 is 39.4 Å². The van der Waals surface area contributed by atoms with Crippen molar-refractivity contribution in [2.75, 3.05) is 0 Å². The molecule has 0 unspecified atom stereocenters. The smallest absolute Gasteiger partial charge is 0.117 e. The van der Waals surface area contributed by atoms with E-state index in [1.54, 1.807) is 30.5 Å². The highest BCUT2D eigenvalue weighted by atomic mass is 79.9. The van der Waals surface area contributed by atoms with Crippen molar-refractivity contribution in [1.29, 1.82) is 0 Å². The SMILES string of the molecule is Oc1cc(Br)cc(C=Nc2ccc(Cl)cc2)c1. The minimum Gasteiger partial charge on any atom is -0.508 e. The number of hydrogen-bond acceptors (Lipinski definition) is 2. The molecule has 2 aromatic carbocycles. The molecule has 17 heavy (non-hydrogen) atoms. The number of aromatic hydroxyl groups is 1. The van der Waals surface area contributed by atoms with Gasteiger partial charge in [0.2, 0.25) is 0 Å². The lowest BCUT2D eigenvalue weighted by atomic mass is 10.2. The van der Waals surface area contributed by atoms with E-state index in [-0.39, 0.29) is 5.75 Å². The molecule has 0 radical (unpaired) electrons. The van der Waals surface area contributed by atoms with Gasteiger partial charge in [-0.1, -0.05) is 27.5 Å². The molecule has 0 amide bonds. The molecule has 0 bridgehead atoms. The summed E-state index contributed by atoms with van der Waals surface area (Å²) in [5.41, 5.74) is 1.64. The number of benzene rings is 2. The molecule has 4 heteroatoms. The van der Waals surface area contributed by atoms with Crippen LogP contribution in [0.1, 0.15) is 5.56 Å². The number of aliphatic imine (C=N–C) groups is 1. The summed E-state index contributed by atoms with van der Waals surface area (Å²) in [6.07, 6.45) is 1.69. The summed E-state index contributed by atoms with van der Waals surface area (Å²) in [6.45, 7) is 0. The zero-order valence-corrected chi connectivity index (χ0v) is 11.1. The maximum Gasteiger partial charge on any atom is 0.117 e. The molecule has 0 spiro atoms. The van der Waals surface area contributed by atoms with Gasteiger partial charge in [0.1, 0.15) is 5.75 Å². The first kappa shape index (κ1) is 12.1. The van der Waals surface area contributed by atoms with Crippen LogP contribution in [0, 0.1) is 0 Å². The van der Waals surface area contributed by atoms with E-state index in [0.29, 0.717) is 5.02 Å². The van der Waals surface area contributed by atoms with Crippen LogP contribution in [0.2, 0.25) is 5.02 Å². The Labute approximate surface area is 113 Å². The first-order chi connectivity index (χ1) is 8.13. The predicted molar refractivity (Wildman–Crippen MR) is 74.5 cm³/mol. The van der Waals surface area contributed by atoms with Crippen LogP contribution in [0.5, 0.6) is 5.75 Å². The van der Waals surface area contributed by atoms with Crippen molar-refractivity contribution in [2.24, 2.45) is 4.99 Å². The molecule has 0 aliphatic heterocycles. The summed E-state index contributed by atoms with van der Waals surface area (Å²) in [5.74, 6) is 0.205. The fraction of sp³-hybridized carbons (Fsp3) is 0. The minimum atomic E-state index is 0.205. The molecule has 0 aliphatic carbocycles. The van der Waals surface area contributed by atoms with Gasteiger partial charge in [-0.3, -0.25) is 4.99 Å². The van der Waals surface area contributed by atoms with Crippen molar-refractivity contribution in [3.63, 3.8) is 0 Å². The highest BCUT2D eigenvalue weighted by molar-refractivity contribution is 9.10. The Balaban J connectivity index is 2.22. The van der Waals surface area contributed by atoms with E-state index in [2.05, 4.69) is 20.9 Å². The van der Waals surface area contributed by atoms with Gasteiger partial charge in [0.05, 0.1) is 5.69 Å². The van der Waals surface area contributed by atoms with E-state index in [1.807, 2.05) is 18.2 Å². The first-order valence-electron chi connectivity index (χ1n) is 4.93. The molecule has 2 nitrogen and oxygen atoms in total. The molecular weight excluding hydrogens is 302 g/mol. The van der Waals surface area contributed by atoms with Crippen molar-refractivity contribution in [3.8, 4) is 5.75 Å². The number of halogens is 2. The molecule has 2 rings (SSSR count). The third-order valence-electron chi connectivity index (χ3n) is 2.09. The van der Waals surface area contributed by atoms with Crippen LogP contribution in [0.25, 0.3) is 0 Å². The number of rotatable bonds is 2. The second-order valence-electron chi connectivity index (χ2n) is 3.48. The van der Waals surface area contributed by atoms with Gasteiger partial charge in [0.25, 0.3) is 0 Å². The van der Waals surface area contributed by atoms with Crippen LogP contribution in [-0.2, 0) is 0 Å². The van der Waals surface area contributed by atoms with Crippen molar-refractivity contribution < 1.29 is 5.11 Å². The maximum atomic E-state index is 9.42. The third kappa shape index (κ3) is 3.58. The largest absolute Gasteiger partial charge is 0.508 e. The van der Waals surface area contributed by atoms with Crippen molar-refractivity contribution in [3.05, 3.63) is 57.5 Å². The number of phenols is 1. The monoisotopic (exact) mass is 309 g/mol. The summed E-state index contributed by atoms with van der Waals surface area (Å²) >= 11 is 9.09. The zero-order valence-electron chi connectivity index (χ0n) is 8.77. The molecule has 86 valence electrons. The average Bonchev–Trinajstić information content (AvgIpc) is 2.27. The summed E-state index contributed by atoms with van der Waals surface area (Å²) < 4.78 is 0.815. The molecule has 0 aliphatic rings. The van der Waals surface area contributed by atoms with Crippen LogP contribution in [-0.4, -0.2) is 11.3 Å². The van der Waals surface area contributed by atoms with Crippen LogP contribution in [0.4, 0.5) is 5.69 Å². The molecule has 0 heterocycles. The van der Waals surface area contributed by atoms with Crippen LogP contribution >= 0.6 is 27.5 Å². The second kappa shape index (κ2) is 5.34.